The number of carboxylic acids is 2. The Kier molecular flexibility index (Phi) is 4.93. The summed E-state index contributed by atoms with van der Waals surface area (Å²) in [6.07, 6.45) is 3.05. The lowest BCUT2D eigenvalue weighted by molar-refractivity contribution is 0.0686. The van der Waals surface area contributed by atoms with Gasteiger partial charge in [0.25, 0.3) is 0 Å². The van der Waals surface area contributed by atoms with Gasteiger partial charge in [0.2, 0.25) is 0 Å². The maximum Gasteiger partial charge on any atom is 0.336 e. The number of rotatable bonds is 6. The van der Waals surface area contributed by atoms with E-state index in [1.54, 1.807) is 12.1 Å². The smallest absolute Gasteiger partial charge is 0.336 e. The van der Waals surface area contributed by atoms with Crippen molar-refractivity contribution in [2.24, 2.45) is 0 Å². The third-order valence-corrected chi connectivity index (χ3v) is 4.43. The molecule has 128 valence electrons. The fourth-order valence-corrected chi connectivity index (χ4v) is 3.18. The van der Waals surface area contributed by atoms with Crippen LogP contribution in [0.1, 0.15) is 56.8 Å². The quantitative estimate of drug-likeness (QED) is 0.802. The molecule has 0 fully saturated rings. The number of hydrogen-bond acceptors (Lipinski definition) is 2. The first-order valence-electron chi connectivity index (χ1n) is 7.74. The van der Waals surface area contributed by atoms with Gasteiger partial charge in [-0.2, -0.15) is 0 Å². The van der Waals surface area contributed by atoms with Crippen LogP contribution in [-0.2, 0) is 5.41 Å². The first-order valence-corrected chi connectivity index (χ1v) is 7.74. The summed E-state index contributed by atoms with van der Waals surface area (Å²) >= 11 is 0. The van der Waals surface area contributed by atoms with Crippen molar-refractivity contribution in [1.82, 2.24) is 0 Å². The molecule has 2 aromatic carbocycles. The maximum atomic E-state index is 11.5. The second kappa shape index (κ2) is 6.77. The van der Waals surface area contributed by atoms with Gasteiger partial charge in [-0.15, -0.1) is 0 Å². The van der Waals surface area contributed by atoms with Crippen molar-refractivity contribution in [1.29, 1.82) is 0 Å². The normalized spacial score (nSPS) is 11.0. The minimum absolute atomic E-state index is 0.162. The SMILES string of the molecule is C=Cc1c(C(=O)O)cccc1C(C)(C)c1cccc(C(=O)O)c1C=C. The zero-order valence-electron chi connectivity index (χ0n) is 14.2. The molecule has 0 amide bonds. The van der Waals surface area contributed by atoms with Gasteiger partial charge in [0, 0.05) is 5.41 Å². The predicted molar refractivity (Wildman–Crippen MR) is 99.1 cm³/mol. The average molecular weight is 336 g/mol. The van der Waals surface area contributed by atoms with Crippen molar-refractivity contribution in [3.63, 3.8) is 0 Å². The molecule has 2 N–H and O–H groups in total. The second-order valence-corrected chi connectivity index (χ2v) is 6.18. The first kappa shape index (κ1) is 18.2. The maximum absolute atomic E-state index is 11.5. The van der Waals surface area contributed by atoms with E-state index >= 15 is 0 Å². The fraction of sp³-hybridized carbons (Fsp3) is 0.143. The van der Waals surface area contributed by atoms with Gasteiger partial charge >= 0.3 is 11.9 Å². The summed E-state index contributed by atoms with van der Waals surface area (Å²) in [6.45, 7) is 11.4. The molecule has 25 heavy (non-hydrogen) atoms. The highest BCUT2D eigenvalue weighted by atomic mass is 16.4. The Morgan fingerprint density at radius 1 is 0.840 bits per heavy atom. The molecule has 0 heterocycles. The van der Waals surface area contributed by atoms with Crippen LogP contribution in [0.25, 0.3) is 12.2 Å². The number of hydrogen-bond donors (Lipinski definition) is 2. The largest absolute Gasteiger partial charge is 0.478 e. The molecular weight excluding hydrogens is 316 g/mol. The molecule has 0 spiro atoms. The van der Waals surface area contributed by atoms with Gasteiger partial charge in [-0.3, -0.25) is 0 Å². The molecule has 0 aliphatic heterocycles. The van der Waals surface area contributed by atoms with Gasteiger partial charge in [-0.05, 0) is 34.4 Å². The Morgan fingerprint density at radius 2 is 1.20 bits per heavy atom. The van der Waals surface area contributed by atoms with Gasteiger partial charge in [0.05, 0.1) is 11.1 Å². The number of benzene rings is 2. The molecule has 0 aromatic heterocycles. The van der Waals surface area contributed by atoms with Gasteiger partial charge in [0.1, 0.15) is 0 Å². The van der Waals surface area contributed by atoms with Crippen LogP contribution in [0.2, 0.25) is 0 Å². The third-order valence-electron chi connectivity index (χ3n) is 4.43. The molecule has 0 radical (unpaired) electrons. The fourth-order valence-electron chi connectivity index (χ4n) is 3.18. The van der Waals surface area contributed by atoms with Gasteiger partial charge in [0.15, 0.2) is 0 Å². The summed E-state index contributed by atoms with van der Waals surface area (Å²) in [5.74, 6) is -2.06. The molecule has 4 heteroatoms. The number of carboxylic acid groups (broad SMARTS) is 2. The summed E-state index contributed by atoms with van der Waals surface area (Å²) < 4.78 is 0. The summed E-state index contributed by atoms with van der Waals surface area (Å²) in [6, 6.07) is 10.1. The summed E-state index contributed by atoms with van der Waals surface area (Å²) in [5, 5.41) is 18.9. The first-order chi connectivity index (χ1) is 11.8. The van der Waals surface area contributed by atoms with Crippen molar-refractivity contribution in [3.8, 4) is 0 Å². The standard InChI is InChI=1S/C21H20O4/c1-5-13-15(19(22)23)9-7-11-17(13)21(3,4)18-12-8-10-16(20(24)25)14(18)6-2/h5-12H,1-2H2,3-4H3,(H,22,23)(H,24,25). The van der Waals surface area contributed by atoms with Crippen LogP contribution in [0.3, 0.4) is 0 Å². The lowest BCUT2D eigenvalue weighted by Crippen LogP contribution is -2.23. The van der Waals surface area contributed by atoms with E-state index in [1.807, 2.05) is 26.0 Å². The Hall–Kier alpha value is -3.14. The van der Waals surface area contributed by atoms with Gasteiger partial charge in [-0.25, -0.2) is 9.59 Å². The van der Waals surface area contributed by atoms with E-state index in [-0.39, 0.29) is 11.1 Å². The summed E-state index contributed by atoms with van der Waals surface area (Å²) in [5.41, 5.74) is 2.24. The van der Waals surface area contributed by atoms with Crippen molar-refractivity contribution < 1.29 is 19.8 Å². The van der Waals surface area contributed by atoms with E-state index in [4.69, 9.17) is 0 Å². The van der Waals surface area contributed by atoms with E-state index in [0.29, 0.717) is 11.1 Å². The van der Waals surface area contributed by atoms with Crippen molar-refractivity contribution in [2.45, 2.75) is 19.3 Å². The molecule has 0 atom stereocenters. The zero-order valence-corrected chi connectivity index (χ0v) is 14.2. The molecule has 0 bridgehead atoms. The van der Waals surface area contributed by atoms with Gasteiger partial charge in [-0.1, -0.05) is 63.4 Å². The highest BCUT2D eigenvalue weighted by Gasteiger charge is 2.30. The minimum atomic E-state index is -1.03. The second-order valence-electron chi connectivity index (χ2n) is 6.18. The average Bonchev–Trinajstić information content (AvgIpc) is 2.59. The van der Waals surface area contributed by atoms with Crippen molar-refractivity contribution in [2.75, 3.05) is 0 Å². The van der Waals surface area contributed by atoms with Crippen molar-refractivity contribution >= 4 is 24.1 Å². The Labute approximate surface area is 146 Å². The van der Waals surface area contributed by atoms with Crippen LogP contribution in [0.5, 0.6) is 0 Å². The predicted octanol–water partition coefficient (Wildman–Crippen LogP) is 4.69. The Morgan fingerprint density at radius 3 is 1.48 bits per heavy atom. The summed E-state index contributed by atoms with van der Waals surface area (Å²) in [7, 11) is 0. The molecule has 2 aromatic rings. The number of carbonyl (C=O) groups is 2. The lowest BCUT2D eigenvalue weighted by atomic mass is 9.73. The lowest BCUT2D eigenvalue weighted by Gasteiger charge is -2.30. The van der Waals surface area contributed by atoms with Crippen LogP contribution in [0, 0.1) is 0 Å². The van der Waals surface area contributed by atoms with E-state index in [9.17, 15) is 19.8 Å². The molecule has 0 saturated carbocycles. The van der Waals surface area contributed by atoms with Crippen LogP contribution in [0.15, 0.2) is 49.6 Å². The molecule has 0 aliphatic carbocycles. The van der Waals surface area contributed by atoms with E-state index in [1.165, 1.54) is 24.3 Å². The molecule has 4 nitrogen and oxygen atoms in total. The van der Waals surface area contributed by atoms with E-state index in [0.717, 1.165) is 11.1 Å². The van der Waals surface area contributed by atoms with E-state index < -0.39 is 17.4 Å². The minimum Gasteiger partial charge on any atom is -0.478 e. The van der Waals surface area contributed by atoms with Crippen LogP contribution < -0.4 is 0 Å². The monoisotopic (exact) mass is 336 g/mol. The van der Waals surface area contributed by atoms with Crippen molar-refractivity contribution in [3.05, 3.63) is 82.9 Å². The van der Waals surface area contributed by atoms with Crippen LogP contribution in [0.4, 0.5) is 0 Å². The zero-order chi connectivity index (χ0) is 18.8. The van der Waals surface area contributed by atoms with Crippen LogP contribution in [-0.4, -0.2) is 22.2 Å². The Balaban J connectivity index is 2.81. The highest BCUT2D eigenvalue weighted by Crippen LogP contribution is 2.38. The number of aromatic carboxylic acids is 2. The molecule has 2 rings (SSSR count). The molecule has 0 aliphatic rings. The molecule has 0 saturated heterocycles. The van der Waals surface area contributed by atoms with Crippen LogP contribution >= 0.6 is 0 Å². The molecule has 0 unspecified atom stereocenters. The van der Waals surface area contributed by atoms with E-state index in [2.05, 4.69) is 13.2 Å². The Bertz CT molecular complexity index is 804. The molecular formula is C21H20O4. The van der Waals surface area contributed by atoms with Gasteiger partial charge < -0.3 is 10.2 Å². The summed E-state index contributed by atoms with van der Waals surface area (Å²) in [4.78, 5) is 23.0. The third kappa shape index (κ3) is 3.11. The highest BCUT2D eigenvalue weighted by molar-refractivity contribution is 5.94. The topological polar surface area (TPSA) is 74.6 Å².